The molecule has 0 unspecified atom stereocenters. The highest BCUT2D eigenvalue weighted by Gasteiger charge is 2.12. The summed E-state index contributed by atoms with van der Waals surface area (Å²) in [7, 11) is 3.14. The van der Waals surface area contributed by atoms with Gasteiger partial charge in [-0.3, -0.25) is 0 Å². The molecule has 0 radical (unpaired) electrons. The Morgan fingerprint density at radius 3 is 2.76 bits per heavy atom. The predicted octanol–water partition coefficient (Wildman–Crippen LogP) is 1.80. The van der Waals surface area contributed by atoms with Crippen molar-refractivity contribution in [3.8, 4) is 11.5 Å². The van der Waals surface area contributed by atoms with E-state index in [0.717, 1.165) is 5.56 Å². The van der Waals surface area contributed by atoms with Crippen molar-refractivity contribution in [3.05, 3.63) is 41.7 Å². The van der Waals surface area contributed by atoms with Gasteiger partial charge >= 0.3 is 5.97 Å². The number of hydrogen-bond donors (Lipinski definition) is 2. The molecule has 21 heavy (non-hydrogen) atoms. The Kier molecular flexibility index (Phi) is 4.55. The van der Waals surface area contributed by atoms with E-state index in [4.69, 9.17) is 14.6 Å². The van der Waals surface area contributed by atoms with E-state index >= 15 is 0 Å². The molecule has 1 heterocycles. The van der Waals surface area contributed by atoms with Crippen LogP contribution >= 0.6 is 0 Å². The maximum absolute atomic E-state index is 11.1. The van der Waals surface area contributed by atoms with E-state index in [9.17, 15) is 4.79 Å². The van der Waals surface area contributed by atoms with Gasteiger partial charge in [-0.05, 0) is 18.2 Å². The Labute approximate surface area is 121 Å². The first-order valence-corrected chi connectivity index (χ1v) is 6.15. The lowest BCUT2D eigenvalue weighted by Gasteiger charge is -2.12. The minimum atomic E-state index is -1.13. The van der Waals surface area contributed by atoms with Crippen molar-refractivity contribution in [2.45, 2.75) is 6.54 Å². The molecule has 7 heteroatoms. The number of hydrogen-bond acceptors (Lipinski definition) is 6. The van der Waals surface area contributed by atoms with E-state index in [1.165, 1.54) is 6.20 Å². The van der Waals surface area contributed by atoms with Crippen LogP contribution in [-0.2, 0) is 6.54 Å². The van der Waals surface area contributed by atoms with Crippen molar-refractivity contribution in [2.75, 3.05) is 19.5 Å². The zero-order chi connectivity index (χ0) is 15.2. The number of rotatable bonds is 6. The molecule has 0 aliphatic carbocycles. The van der Waals surface area contributed by atoms with Crippen molar-refractivity contribution < 1.29 is 19.4 Å². The van der Waals surface area contributed by atoms with Gasteiger partial charge in [0.25, 0.3) is 0 Å². The van der Waals surface area contributed by atoms with Crippen LogP contribution in [0, 0.1) is 0 Å². The first-order valence-electron chi connectivity index (χ1n) is 6.15. The summed E-state index contributed by atoms with van der Waals surface area (Å²) in [5.74, 6) is 0.209. The fourth-order valence-electron chi connectivity index (χ4n) is 1.82. The maximum atomic E-state index is 11.1. The maximum Gasteiger partial charge on any atom is 0.358 e. The smallest absolute Gasteiger partial charge is 0.358 e. The van der Waals surface area contributed by atoms with E-state index in [-0.39, 0.29) is 5.69 Å². The molecule has 0 fully saturated rings. The van der Waals surface area contributed by atoms with Gasteiger partial charge in [0.1, 0.15) is 11.5 Å². The highest BCUT2D eigenvalue weighted by atomic mass is 16.5. The number of carbonyl (C=O) groups is 1. The summed E-state index contributed by atoms with van der Waals surface area (Å²) >= 11 is 0. The topological polar surface area (TPSA) is 93.6 Å². The highest BCUT2D eigenvalue weighted by Crippen LogP contribution is 2.25. The van der Waals surface area contributed by atoms with E-state index in [1.54, 1.807) is 26.4 Å². The summed E-state index contributed by atoms with van der Waals surface area (Å²) in [6, 6.07) is 6.98. The Morgan fingerprint density at radius 2 is 2.10 bits per heavy atom. The van der Waals surface area contributed by atoms with Crippen LogP contribution in [0.2, 0.25) is 0 Å². The van der Waals surface area contributed by atoms with Gasteiger partial charge in [-0.1, -0.05) is 0 Å². The van der Waals surface area contributed by atoms with Gasteiger partial charge < -0.3 is 19.9 Å². The number of benzene rings is 1. The van der Waals surface area contributed by atoms with Crippen molar-refractivity contribution in [2.24, 2.45) is 0 Å². The largest absolute Gasteiger partial charge is 0.497 e. The van der Waals surface area contributed by atoms with Gasteiger partial charge in [-0.25, -0.2) is 4.79 Å². The molecule has 0 atom stereocenters. The third-order valence-corrected chi connectivity index (χ3v) is 2.89. The normalized spacial score (nSPS) is 10.0. The molecule has 0 saturated heterocycles. The average Bonchev–Trinajstić information content (AvgIpc) is 2.52. The number of aromatic carboxylic acids is 1. The first-order chi connectivity index (χ1) is 10.2. The van der Waals surface area contributed by atoms with Crippen LogP contribution in [0.5, 0.6) is 11.5 Å². The predicted molar refractivity (Wildman–Crippen MR) is 75.9 cm³/mol. The van der Waals surface area contributed by atoms with Crippen LogP contribution in [-0.4, -0.2) is 35.5 Å². The fourth-order valence-corrected chi connectivity index (χ4v) is 1.82. The molecule has 0 aliphatic heterocycles. The molecule has 1 aromatic heterocycles. The van der Waals surface area contributed by atoms with Crippen LogP contribution in [0.25, 0.3) is 0 Å². The van der Waals surface area contributed by atoms with Gasteiger partial charge in [0.15, 0.2) is 5.69 Å². The van der Waals surface area contributed by atoms with E-state index in [1.807, 2.05) is 12.1 Å². The van der Waals surface area contributed by atoms with Crippen molar-refractivity contribution in [1.82, 2.24) is 10.2 Å². The van der Waals surface area contributed by atoms with Crippen LogP contribution in [0.15, 0.2) is 30.5 Å². The van der Waals surface area contributed by atoms with Crippen LogP contribution in [0.4, 0.5) is 5.69 Å². The molecule has 0 saturated carbocycles. The third-order valence-electron chi connectivity index (χ3n) is 2.89. The van der Waals surface area contributed by atoms with Crippen LogP contribution in [0.1, 0.15) is 16.1 Å². The minimum Gasteiger partial charge on any atom is -0.497 e. The van der Waals surface area contributed by atoms with Crippen molar-refractivity contribution in [3.63, 3.8) is 0 Å². The summed E-state index contributed by atoms with van der Waals surface area (Å²) in [6.07, 6.45) is 1.43. The second-order valence-corrected chi connectivity index (χ2v) is 4.13. The number of carboxylic acids is 1. The zero-order valence-electron chi connectivity index (χ0n) is 11.7. The quantitative estimate of drug-likeness (QED) is 0.837. The molecule has 0 bridgehead atoms. The van der Waals surface area contributed by atoms with Gasteiger partial charge in [-0.15, -0.1) is 5.10 Å². The van der Waals surface area contributed by atoms with Crippen LogP contribution < -0.4 is 14.8 Å². The van der Waals surface area contributed by atoms with E-state index < -0.39 is 5.97 Å². The Balaban J connectivity index is 2.19. The molecule has 0 spiro atoms. The summed E-state index contributed by atoms with van der Waals surface area (Å²) in [5, 5.41) is 19.2. The molecular weight excluding hydrogens is 274 g/mol. The summed E-state index contributed by atoms with van der Waals surface area (Å²) in [4.78, 5) is 11.1. The average molecular weight is 289 g/mol. The van der Waals surface area contributed by atoms with Crippen LogP contribution in [0.3, 0.4) is 0 Å². The number of ether oxygens (including phenoxy) is 2. The number of anilines is 1. The second-order valence-electron chi connectivity index (χ2n) is 4.13. The van der Waals surface area contributed by atoms with Gasteiger partial charge in [0, 0.05) is 18.2 Å². The SMILES string of the molecule is COc1ccc(CNc2ccnnc2C(=O)O)c(OC)c1. The van der Waals surface area contributed by atoms with E-state index in [0.29, 0.717) is 23.7 Å². The molecule has 1 aromatic carbocycles. The lowest BCUT2D eigenvalue weighted by molar-refractivity contribution is 0.0690. The zero-order valence-corrected chi connectivity index (χ0v) is 11.7. The summed E-state index contributed by atoms with van der Waals surface area (Å²) in [5.41, 5.74) is 1.15. The lowest BCUT2D eigenvalue weighted by atomic mass is 10.2. The Bertz CT molecular complexity index is 646. The number of nitrogens with one attached hydrogen (secondary N) is 1. The Morgan fingerprint density at radius 1 is 1.29 bits per heavy atom. The van der Waals surface area contributed by atoms with Crippen molar-refractivity contribution >= 4 is 11.7 Å². The number of nitrogens with zero attached hydrogens (tertiary/aromatic N) is 2. The van der Waals surface area contributed by atoms with Gasteiger partial charge in [0.05, 0.1) is 26.1 Å². The third kappa shape index (κ3) is 3.38. The molecule has 110 valence electrons. The monoisotopic (exact) mass is 289 g/mol. The lowest BCUT2D eigenvalue weighted by Crippen LogP contribution is -2.09. The molecule has 0 amide bonds. The summed E-state index contributed by atoms with van der Waals surface area (Å²) in [6.45, 7) is 0.388. The summed E-state index contributed by atoms with van der Waals surface area (Å²) < 4.78 is 10.4. The van der Waals surface area contributed by atoms with Gasteiger partial charge in [0.2, 0.25) is 0 Å². The number of carboxylic acid groups (broad SMARTS) is 1. The minimum absolute atomic E-state index is 0.120. The second kappa shape index (κ2) is 6.56. The van der Waals surface area contributed by atoms with E-state index in [2.05, 4.69) is 15.5 Å². The molecule has 2 N–H and O–H groups in total. The molecule has 7 nitrogen and oxygen atoms in total. The molecule has 2 aromatic rings. The molecule has 2 rings (SSSR count). The molecular formula is C14H15N3O4. The highest BCUT2D eigenvalue weighted by molar-refractivity contribution is 5.91. The number of methoxy groups -OCH3 is 2. The van der Waals surface area contributed by atoms with Gasteiger partial charge in [-0.2, -0.15) is 5.10 Å². The van der Waals surface area contributed by atoms with Crippen molar-refractivity contribution in [1.29, 1.82) is 0 Å². The standard InChI is InChI=1S/C14H15N3O4/c1-20-10-4-3-9(12(7-10)21-2)8-15-11-5-6-16-17-13(11)14(18)19/h3-7H,8H2,1-2H3,(H,15,16)(H,18,19). The fraction of sp³-hybridized carbons (Fsp3) is 0.214. The number of aromatic nitrogens is 2. The first kappa shape index (κ1) is 14.6. The molecule has 0 aliphatic rings. The Hall–Kier alpha value is -2.83.